The molecule has 0 spiro atoms. The number of rotatable bonds is 4. The number of hydrogen-bond acceptors (Lipinski definition) is 3. The number of aliphatic imine (C=N–C) groups is 1. The highest BCUT2D eigenvalue weighted by molar-refractivity contribution is 14.0. The molecule has 0 aliphatic carbocycles. The minimum Gasteiger partial charge on any atom is -0.352 e. The van der Waals surface area contributed by atoms with Crippen LogP contribution in [0.2, 0.25) is 0 Å². The van der Waals surface area contributed by atoms with E-state index < -0.39 is 0 Å². The summed E-state index contributed by atoms with van der Waals surface area (Å²) in [6, 6.07) is 8.30. The Bertz CT molecular complexity index is 593. The third-order valence-electron chi connectivity index (χ3n) is 3.15. The highest BCUT2D eigenvalue weighted by atomic mass is 127. The molecule has 0 bridgehead atoms. The molecular weight excluding hydrogens is 379 g/mol. The fourth-order valence-corrected chi connectivity index (χ4v) is 1.85. The molecule has 2 rings (SSSR count). The molecule has 0 aliphatic rings. The van der Waals surface area contributed by atoms with Gasteiger partial charge in [-0.05, 0) is 18.1 Å². The van der Waals surface area contributed by atoms with E-state index in [-0.39, 0.29) is 24.0 Å². The Labute approximate surface area is 142 Å². The minimum atomic E-state index is 0. The van der Waals surface area contributed by atoms with Crippen molar-refractivity contribution in [1.29, 1.82) is 0 Å². The summed E-state index contributed by atoms with van der Waals surface area (Å²) in [5.41, 5.74) is 2.53. The summed E-state index contributed by atoms with van der Waals surface area (Å²) in [5, 5.41) is 10.5. The summed E-state index contributed by atoms with van der Waals surface area (Å²) in [5.74, 6) is 1.61. The Kier molecular flexibility index (Phi) is 7.13. The number of guanidine groups is 1. The van der Waals surface area contributed by atoms with Gasteiger partial charge in [0, 0.05) is 20.6 Å². The molecule has 0 aliphatic heterocycles. The molecule has 0 unspecified atom stereocenters. The maximum atomic E-state index is 4.20. The number of nitrogens with zero attached hydrogens (tertiary/aromatic N) is 4. The second kappa shape index (κ2) is 8.60. The van der Waals surface area contributed by atoms with E-state index >= 15 is 0 Å². The fraction of sp³-hybridized carbons (Fsp3) is 0.357. The summed E-state index contributed by atoms with van der Waals surface area (Å²) in [4.78, 5) is 8.36. The highest BCUT2D eigenvalue weighted by Gasteiger charge is 2.03. The van der Waals surface area contributed by atoms with Crippen molar-refractivity contribution in [3.8, 4) is 0 Å². The van der Waals surface area contributed by atoms with Crippen LogP contribution < -0.4 is 10.6 Å². The standard InChI is InChI=1S/C14H20N6.HI/c1-11-6-4-5-7-12(11)8-16-14(15-2)17-9-13-18-10-19-20(13)3;/h4-7,10H,8-9H2,1-3H3,(H2,15,16,17);1H. The molecule has 0 saturated carbocycles. The lowest BCUT2D eigenvalue weighted by Gasteiger charge is -2.12. The number of benzene rings is 1. The Morgan fingerprint density at radius 1 is 1.24 bits per heavy atom. The molecule has 1 heterocycles. The first-order chi connectivity index (χ1) is 9.70. The number of hydrogen-bond donors (Lipinski definition) is 2. The normalized spacial score (nSPS) is 10.9. The van der Waals surface area contributed by atoms with E-state index in [0.717, 1.165) is 18.3 Å². The quantitative estimate of drug-likeness (QED) is 0.465. The second-order valence-electron chi connectivity index (χ2n) is 4.51. The van der Waals surface area contributed by atoms with Crippen molar-refractivity contribution in [3.05, 3.63) is 47.5 Å². The van der Waals surface area contributed by atoms with Crippen LogP contribution in [0.25, 0.3) is 0 Å². The molecule has 6 nitrogen and oxygen atoms in total. The predicted octanol–water partition coefficient (Wildman–Crippen LogP) is 1.61. The minimum absolute atomic E-state index is 0. The van der Waals surface area contributed by atoms with Crippen LogP contribution in [0, 0.1) is 6.92 Å². The molecule has 0 fully saturated rings. The van der Waals surface area contributed by atoms with E-state index in [1.165, 1.54) is 11.1 Å². The average molecular weight is 400 g/mol. The van der Waals surface area contributed by atoms with Crippen LogP contribution >= 0.6 is 24.0 Å². The smallest absolute Gasteiger partial charge is 0.191 e. The maximum absolute atomic E-state index is 4.20. The van der Waals surface area contributed by atoms with Crippen molar-refractivity contribution in [2.75, 3.05) is 7.05 Å². The molecular formula is C14H21IN6. The topological polar surface area (TPSA) is 67.1 Å². The van der Waals surface area contributed by atoms with Crippen molar-refractivity contribution in [2.24, 2.45) is 12.0 Å². The van der Waals surface area contributed by atoms with Gasteiger partial charge in [-0.2, -0.15) is 5.10 Å². The third-order valence-corrected chi connectivity index (χ3v) is 3.15. The van der Waals surface area contributed by atoms with Gasteiger partial charge in [0.2, 0.25) is 0 Å². The van der Waals surface area contributed by atoms with Crippen molar-refractivity contribution in [2.45, 2.75) is 20.0 Å². The van der Waals surface area contributed by atoms with Gasteiger partial charge < -0.3 is 10.6 Å². The van der Waals surface area contributed by atoms with Gasteiger partial charge in [0.15, 0.2) is 5.96 Å². The van der Waals surface area contributed by atoms with E-state index in [1.54, 1.807) is 18.1 Å². The SMILES string of the molecule is CN=C(NCc1ccccc1C)NCc1ncnn1C.I. The summed E-state index contributed by atoms with van der Waals surface area (Å²) < 4.78 is 1.74. The zero-order chi connectivity index (χ0) is 14.4. The lowest BCUT2D eigenvalue weighted by molar-refractivity contribution is 0.672. The van der Waals surface area contributed by atoms with Gasteiger partial charge in [-0.3, -0.25) is 9.67 Å². The van der Waals surface area contributed by atoms with Crippen LogP contribution in [-0.4, -0.2) is 27.8 Å². The first-order valence-corrected chi connectivity index (χ1v) is 6.52. The van der Waals surface area contributed by atoms with Crippen molar-refractivity contribution in [3.63, 3.8) is 0 Å². The first-order valence-electron chi connectivity index (χ1n) is 6.52. The molecule has 2 N–H and O–H groups in total. The second-order valence-corrected chi connectivity index (χ2v) is 4.51. The summed E-state index contributed by atoms with van der Waals surface area (Å²) in [7, 11) is 3.62. The summed E-state index contributed by atoms with van der Waals surface area (Å²) in [6.45, 7) is 3.43. The Morgan fingerprint density at radius 2 is 1.95 bits per heavy atom. The molecule has 0 atom stereocenters. The van der Waals surface area contributed by atoms with E-state index in [9.17, 15) is 0 Å². The van der Waals surface area contributed by atoms with Gasteiger partial charge in [0.25, 0.3) is 0 Å². The summed E-state index contributed by atoms with van der Waals surface area (Å²) >= 11 is 0. The van der Waals surface area contributed by atoms with E-state index in [1.807, 2.05) is 19.2 Å². The van der Waals surface area contributed by atoms with Crippen LogP contribution in [0.3, 0.4) is 0 Å². The number of nitrogens with one attached hydrogen (secondary N) is 2. The van der Waals surface area contributed by atoms with Gasteiger partial charge in [0.1, 0.15) is 12.2 Å². The lowest BCUT2D eigenvalue weighted by Crippen LogP contribution is -2.37. The molecule has 0 saturated heterocycles. The fourth-order valence-electron chi connectivity index (χ4n) is 1.85. The van der Waals surface area contributed by atoms with Crippen molar-refractivity contribution < 1.29 is 0 Å². The third kappa shape index (κ3) is 5.00. The van der Waals surface area contributed by atoms with Crippen molar-refractivity contribution in [1.82, 2.24) is 25.4 Å². The summed E-state index contributed by atoms with van der Waals surface area (Å²) in [6.07, 6.45) is 1.54. The Balaban J connectivity index is 0.00000220. The van der Waals surface area contributed by atoms with Crippen LogP contribution in [0.4, 0.5) is 0 Å². The first kappa shape index (κ1) is 17.4. The zero-order valence-corrected chi connectivity index (χ0v) is 14.8. The lowest BCUT2D eigenvalue weighted by atomic mass is 10.1. The van der Waals surface area contributed by atoms with Gasteiger partial charge in [-0.15, -0.1) is 24.0 Å². The van der Waals surface area contributed by atoms with E-state index in [0.29, 0.717) is 6.54 Å². The Morgan fingerprint density at radius 3 is 2.57 bits per heavy atom. The van der Waals surface area contributed by atoms with Gasteiger partial charge in [0.05, 0.1) is 6.54 Å². The van der Waals surface area contributed by atoms with Gasteiger partial charge >= 0.3 is 0 Å². The number of aryl methyl sites for hydroxylation is 2. The average Bonchev–Trinajstić information content (AvgIpc) is 2.86. The molecule has 0 radical (unpaired) electrons. The molecule has 0 amide bonds. The van der Waals surface area contributed by atoms with Crippen LogP contribution in [0.15, 0.2) is 35.6 Å². The molecule has 114 valence electrons. The molecule has 1 aromatic heterocycles. The predicted molar refractivity (Wildman–Crippen MR) is 94.6 cm³/mol. The monoisotopic (exact) mass is 400 g/mol. The maximum Gasteiger partial charge on any atom is 0.191 e. The van der Waals surface area contributed by atoms with Crippen LogP contribution in [0.5, 0.6) is 0 Å². The Hall–Kier alpha value is -1.64. The number of halogens is 1. The van der Waals surface area contributed by atoms with E-state index in [4.69, 9.17) is 0 Å². The molecule has 21 heavy (non-hydrogen) atoms. The zero-order valence-electron chi connectivity index (χ0n) is 12.5. The van der Waals surface area contributed by atoms with Gasteiger partial charge in [-0.1, -0.05) is 24.3 Å². The molecule has 2 aromatic rings. The highest BCUT2D eigenvalue weighted by Crippen LogP contribution is 2.05. The van der Waals surface area contributed by atoms with Gasteiger partial charge in [-0.25, -0.2) is 4.98 Å². The van der Waals surface area contributed by atoms with Crippen molar-refractivity contribution >= 4 is 29.9 Å². The molecule has 1 aromatic carbocycles. The molecule has 7 heteroatoms. The number of aromatic nitrogens is 3. The van der Waals surface area contributed by atoms with Crippen LogP contribution in [-0.2, 0) is 20.1 Å². The van der Waals surface area contributed by atoms with Crippen LogP contribution in [0.1, 0.15) is 17.0 Å². The van der Waals surface area contributed by atoms with E-state index in [2.05, 4.69) is 44.8 Å². The largest absolute Gasteiger partial charge is 0.352 e.